The van der Waals surface area contributed by atoms with Crippen LogP contribution in [0.4, 0.5) is 0 Å². The zero-order valence-corrected chi connectivity index (χ0v) is 9.70. The normalized spacial score (nSPS) is 10.5. The highest BCUT2D eigenvalue weighted by molar-refractivity contribution is 5.58. The van der Waals surface area contributed by atoms with E-state index in [1.54, 1.807) is 0 Å². The summed E-state index contributed by atoms with van der Waals surface area (Å²) in [6.07, 6.45) is -0.133. The maximum Gasteiger partial charge on any atom is 0.200 e. The highest BCUT2D eigenvalue weighted by Crippen LogP contribution is 2.41. The minimum atomic E-state index is -0.684. The van der Waals surface area contributed by atoms with Gasteiger partial charge in [-0.1, -0.05) is 6.07 Å². The van der Waals surface area contributed by atoms with Crippen LogP contribution in [0.2, 0.25) is 0 Å². The Bertz CT molecular complexity index is 636. The van der Waals surface area contributed by atoms with Crippen LogP contribution in [0.3, 0.4) is 0 Å². The topological polar surface area (TPSA) is 121 Å². The Morgan fingerprint density at radius 1 is 0.579 bits per heavy atom. The van der Waals surface area contributed by atoms with E-state index in [4.69, 9.17) is 0 Å². The second-order valence-corrected chi connectivity index (χ2v) is 4.05. The predicted octanol–water partition coefficient (Wildman–Crippen LogP) is 1.51. The van der Waals surface area contributed by atoms with Crippen molar-refractivity contribution in [3.8, 4) is 34.5 Å². The fourth-order valence-corrected chi connectivity index (χ4v) is 1.73. The Labute approximate surface area is 108 Å². The first-order chi connectivity index (χ1) is 8.91. The molecule has 2 aromatic rings. The highest BCUT2D eigenvalue weighted by atomic mass is 16.3. The van der Waals surface area contributed by atoms with E-state index in [9.17, 15) is 30.6 Å². The molecule has 0 saturated carbocycles. The van der Waals surface area contributed by atoms with E-state index < -0.39 is 28.7 Å². The molecule has 0 atom stereocenters. The van der Waals surface area contributed by atoms with Crippen LogP contribution in [-0.2, 0) is 6.42 Å². The van der Waals surface area contributed by atoms with E-state index in [1.807, 2.05) is 0 Å². The number of phenolic OH excluding ortho intramolecular Hbond substituents is 6. The lowest BCUT2D eigenvalue weighted by Gasteiger charge is -2.11. The monoisotopic (exact) mass is 264 g/mol. The van der Waals surface area contributed by atoms with Gasteiger partial charge in [-0.3, -0.25) is 0 Å². The summed E-state index contributed by atoms with van der Waals surface area (Å²) in [4.78, 5) is 0. The summed E-state index contributed by atoms with van der Waals surface area (Å²) in [6, 6.07) is 4.82. The van der Waals surface area contributed by atoms with Crippen molar-refractivity contribution in [3.05, 3.63) is 35.4 Å². The van der Waals surface area contributed by atoms with Crippen LogP contribution in [0.25, 0.3) is 0 Å². The highest BCUT2D eigenvalue weighted by Gasteiger charge is 2.17. The van der Waals surface area contributed by atoms with Crippen LogP contribution in [0.5, 0.6) is 34.5 Å². The molecule has 0 heterocycles. The number of hydrogen-bond acceptors (Lipinski definition) is 6. The van der Waals surface area contributed by atoms with Crippen molar-refractivity contribution in [2.45, 2.75) is 6.42 Å². The molecule has 0 aliphatic rings. The molecule has 0 amide bonds. The molecule has 0 aliphatic heterocycles. The van der Waals surface area contributed by atoms with Crippen molar-refractivity contribution < 1.29 is 30.6 Å². The number of hydrogen-bond donors (Lipinski definition) is 6. The second-order valence-electron chi connectivity index (χ2n) is 4.05. The lowest BCUT2D eigenvalue weighted by atomic mass is 10.0. The molecule has 2 rings (SSSR count). The number of phenols is 6. The van der Waals surface area contributed by atoms with Gasteiger partial charge >= 0.3 is 0 Å². The molecule has 0 bridgehead atoms. The molecule has 0 aromatic heterocycles. The third-order valence-corrected chi connectivity index (χ3v) is 2.82. The lowest BCUT2D eigenvalue weighted by molar-refractivity contribution is 0.364. The summed E-state index contributed by atoms with van der Waals surface area (Å²) >= 11 is 0. The van der Waals surface area contributed by atoms with E-state index in [2.05, 4.69) is 0 Å². The fraction of sp³-hybridized carbons (Fsp3) is 0.0769. The Balaban J connectivity index is 2.48. The molecule has 0 fully saturated rings. The molecular weight excluding hydrogens is 252 g/mol. The number of aromatic hydroxyl groups is 6. The van der Waals surface area contributed by atoms with Gasteiger partial charge in [0.15, 0.2) is 23.0 Å². The summed E-state index contributed by atoms with van der Waals surface area (Å²) in [6.45, 7) is 0. The third-order valence-electron chi connectivity index (χ3n) is 2.82. The van der Waals surface area contributed by atoms with Crippen molar-refractivity contribution in [2.24, 2.45) is 0 Å². The maximum atomic E-state index is 9.66. The van der Waals surface area contributed by atoms with E-state index in [0.29, 0.717) is 0 Å². The minimum absolute atomic E-state index is 0.000361. The average molecular weight is 264 g/mol. The van der Waals surface area contributed by atoms with Gasteiger partial charge in [0.25, 0.3) is 0 Å². The molecule has 2 aromatic carbocycles. The van der Waals surface area contributed by atoms with Gasteiger partial charge in [0.1, 0.15) is 5.75 Å². The summed E-state index contributed by atoms with van der Waals surface area (Å²) < 4.78 is 0. The van der Waals surface area contributed by atoms with Crippen LogP contribution in [0, 0.1) is 0 Å². The van der Waals surface area contributed by atoms with Crippen LogP contribution in [0.15, 0.2) is 24.3 Å². The van der Waals surface area contributed by atoms with Crippen LogP contribution >= 0.6 is 0 Å². The predicted molar refractivity (Wildman–Crippen MR) is 65.7 cm³/mol. The standard InChI is InChI=1S/C13H12O6/c14-8-3-4-9(15)12(18)7(8)5-6-1-2-10(16)13(19)11(6)17/h1-4,14-19H,5H2. The van der Waals surface area contributed by atoms with Crippen molar-refractivity contribution in [3.63, 3.8) is 0 Å². The van der Waals surface area contributed by atoms with Gasteiger partial charge in [0, 0.05) is 17.5 Å². The number of benzene rings is 2. The van der Waals surface area contributed by atoms with Crippen LogP contribution in [0.1, 0.15) is 11.1 Å². The Morgan fingerprint density at radius 2 is 1.11 bits per heavy atom. The van der Waals surface area contributed by atoms with Gasteiger partial charge in [-0.15, -0.1) is 0 Å². The molecule has 0 unspecified atom stereocenters. The Kier molecular flexibility index (Phi) is 3.00. The van der Waals surface area contributed by atoms with E-state index in [0.717, 1.165) is 6.07 Å². The molecule has 0 spiro atoms. The quantitative estimate of drug-likeness (QED) is 0.361. The smallest absolute Gasteiger partial charge is 0.200 e. The molecule has 0 aliphatic carbocycles. The SMILES string of the molecule is Oc1ccc(Cc2c(O)ccc(O)c2O)c(O)c1O. The first-order valence-electron chi connectivity index (χ1n) is 5.37. The van der Waals surface area contributed by atoms with Gasteiger partial charge in [-0.25, -0.2) is 0 Å². The summed E-state index contributed by atoms with van der Waals surface area (Å²) in [5.41, 5.74) is 0.173. The minimum Gasteiger partial charge on any atom is -0.508 e. The molecule has 19 heavy (non-hydrogen) atoms. The van der Waals surface area contributed by atoms with E-state index in [-0.39, 0.29) is 23.3 Å². The van der Waals surface area contributed by atoms with Crippen molar-refractivity contribution in [1.82, 2.24) is 0 Å². The molecule has 0 saturated heterocycles. The van der Waals surface area contributed by atoms with Gasteiger partial charge in [0.2, 0.25) is 5.75 Å². The van der Waals surface area contributed by atoms with Crippen LogP contribution < -0.4 is 0 Å². The van der Waals surface area contributed by atoms with Gasteiger partial charge in [0.05, 0.1) is 0 Å². The van der Waals surface area contributed by atoms with Crippen LogP contribution in [-0.4, -0.2) is 30.6 Å². The lowest BCUT2D eigenvalue weighted by Crippen LogP contribution is -1.91. The number of rotatable bonds is 2. The summed E-state index contributed by atoms with van der Waals surface area (Å²) in [7, 11) is 0. The molecule has 0 radical (unpaired) electrons. The van der Waals surface area contributed by atoms with E-state index >= 15 is 0 Å². The second kappa shape index (κ2) is 4.49. The Morgan fingerprint density at radius 3 is 1.79 bits per heavy atom. The van der Waals surface area contributed by atoms with Crippen molar-refractivity contribution in [2.75, 3.05) is 0 Å². The zero-order valence-electron chi connectivity index (χ0n) is 9.70. The third kappa shape index (κ3) is 2.15. The first-order valence-corrected chi connectivity index (χ1v) is 5.37. The van der Waals surface area contributed by atoms with E-state index in [1.165, 1.54) is 18.2 Å². The average Bonchev–Trinajstić information content (AvgIpc) is 2.39. The summed E-state index contributed by atoms with van der Waals surface area (Å²) in [5, 5.41) is 56.9. The molecule has 100 valence electrons. The van der Waals surface area contributed by atoms with Gasteiger partial charge < -0.3 is 30.6 Å². The molecule has 6 N–H and O–H groups in total. The molecule has 6 nitrogen and oxygen atoms in total. The zero-order chi connectivity index (χ0) is 14.2. The van der Waals surface area contributed by atoms with Gasteiger partial charge in [-0.05, 0) is 18.2 Å². The molecule has 6 heteroatoms. The van der Waals surface area contributed by atoms with Gasteiger partial charge in [-0.2, -0.15) is 0 Å². The molecular formula is C13H12O6. The Hall–Kier alpha value is -2.76. The largest absolute Gasteiger partial charge is 0.508 e. The summed E-state index contributed by atoms with van der Waals surface area (Å²) in [5.74, 6) is -2.89. The maximum absolute atomic E-state index is 9.66. The van der Waals surface area contributed by atoms with Crippen molar-refractivity contribution in [1.29, 1.82) is 0 Å². The fourth-order valence-electron chi connectivity index (χ4n) is 1.73. The van der Waals surface area contributed by atoms with Crippen molar-refractivity contribution >= 4 is 0 Å². The first kappa shape index (κ1) is 12.7.